The molecule has 27 heavy (non-hydrogen) atoms. The molecule has 2 heterocycles. The maximum Gasteiger partial charge on any atom is 0.332 e. The minimum absolute atomic E-state index is 0.229. The van der Waals surface area contributed by atoms with Gasteiger partial charge in [-0.1, -0.05) is 40.2 Å². The Bertz CT molecular complexity index is 1200. The zero-order chi connectivity index (χ0) is 19.5. The van der Waals surface area contributed by atoms with Gasteiger partial charge in [0.05, 0.1) is 34.9 Å². The number of hydrogen-bond donors (Lipinski definition) is 1. The second-order valence-electron chi connectivity index (χ2n) is 6.69. The van der Waals surface area contributed by atoms with E-state index in [1.807, 2.05) is 24.3 Å². The molecule has 0 saturated carbocycles. The molecule has 0 amide bonds. The third-order valence-corrected chi connectivity index (χ3v) is 6.25. The molecule has 2 aromatic carbocycles. The molecule has 1 aliphatic heterocycles. The highest BCUT2D eigenvalue weighted by Crippen LogP contribution is 2.33. The Labute approximate surface area is 161 Å². The summed E-state index contributed by atoms with van der Waals surface area (Å²) in [6, 6.07) is 8.90. The first-order valence-electron chi connectivity index (χ1n) is 8.46. The molecule has 0 bridgehead atoms. The van der Waals surface area contributed by atoms with Gasteiger partial charge in [0.15, 0.2) is 6.04 Å². The Balaban J connectivity index is 2.18. The quantitative estimate of drug-likeness (QED) is 0.359. The number of halogens is 1. The number of fused-ring (bicyclic) bond motifs is 3. The summed E-state index contributed by atoms with van der Waals surface area (Å²) in [6.07, 6.45) is -1.05. The molecule has 1 aromatic heterocycles. The fourth-order valence-electron chi connectivity index (χ4n) is 3.76. The highest BCUT2D eigenvalue weighted by atomic mass is 79.9. The number of aromatic nitrogens is 2. The Kier molecular flexibility index (Phi) is 4.20. The van der Waals surface area contributed by atoms with Crippen molar-refractivity contribution in [2.75, 3.05) is 7.11 Å². The minimum atomic E-state index is -1.16. The van der Waals surface area contributed by atoms with E-state index in [1.165, 1.54) is 11.8 Å². The third-order valence-electron chi connectivity index (χ3n) is 5.21. The lowest BCUT2D eigenvalue weighted by Crippen LogP contribution is -2.56. The van der Waals surface area contributed by atoms with Crippen LogP contribution in [0, 0.1) is 0 Å². The van der Waals surface area contributed by atoms with Crippen LogP contribution < -0.4 is 11.1 Å². The van der Waals surface area contributed by atoms with Crippen LogP contribution >= 0.6 is 15.9 Å². The van der Waals surface area contributed by atoms with E-state index in [4.69, 9.17) is 4.74 Å². The van der Waals surface area contributed by atoms with Crippen molar-refractivity contribution in [1.29, 1.82) is 0 Å². The molecule has 0 radical (unpaired) electrons. The van der Waals surface area contributed by atoms with Gasteiger partial charge in [0.25, 0.3) is 11.1 Å². The second-order valence-corrected chi connectivity index (χ2v) is 7.75. The molecule has 1 N–H and O–H groups in total. The average molecular weight is 433 g/mol. The monoisotopic (exact) mass is 432 g/mol. The van der Waals surface area contributed by atoms with Crippen molar-refractivity contribution in [3.63, 3.8) is 0 Å². The van der Waals surface area contributed by atoms with Gasteiger partial charge in [-0.25, -0.2) is 14.2 Å². The van der Waals surface area contributed by atoms with Crippen LogP contribution in [-0.2, 0) is 9.53 Å². The molecular weight excluding hydrogens is 416 g/mol. The first-order valence-corrected chi connectivity index (χ1v) is 9.38. The maximum atomic E-state index is 13.3. The van der Waals surface area contributed by atoms with Crippen LogP contribution in [0.1, 0.15) is 19.0 Å². The van der Waals surface area contributed by atoms with Crippen molar-refractivity contribution >= 4 is 43.4 Å². The van der Waals surface area contributed by atoms with E-state index in [0.29, 0.717) is 0 Å². The summed E-state index contributed by atoms with van der Waals surface area (Å²) in [7, 11) is 1.20. The van der Waals surface area contributed by atoms with Gasteiger partial charge in [-0.3, -0.25) is 9.59 Å². The topological polar surface area (TPSA) is 90.5 Å². The lowest BCUT2D eigenvalue weighted by atomic mass is 9.99. The number of carbonyl (C=O) groups excluding carboxylic acids is 1. The van der Waals surface area contributed by atoms with Gasteiger partial charge < -0.3 is 9.84 Å². The van der Waals surface area contributed by atoms with Crippen molar-refractivity contribution in [2.45, 2.75) is 29.9 Å². The zero-order valence-electron chi connectivity index (χ0n) is 14.6. The van der Waals surface area contributed by atoms with Crippen molar-refractivity contribution in [2.24, 2.45) is 0 Å². The van der Waals surface area contributed by atoms with E-state index in [-0.39, 0.29) is 10.8 Å². The Morgan fingerprint density at radius 3 is 2.11 bits per heavy atom. The average Bonchev–Trinajstić information content (AvgIpc) is 2.68. The number of ether oxygens (including phenoxy) is 1. The van der Waals surface area contributed by atoms with E-state index >= 15 is 0 Å². The van der Waals surface area contributed by atoms with E-state index in [0.717, 1.165) is 15.5 Å². The van der Waals surface area contributed by atoms with Crippen LogP contribution in [0.3, 0.4) is 0 Å². The molecule has 0 spiro atoms. The molecule has 1 aliphatic rings. The van der Waals surface area contributed by atoms with Gasteiger partial charge in [0, 0.05) is 0 Å². The van der Waals surface area contributed by atoms with E-state index < -0.39 is 40.1 Å². The van der Waals surface area contributed by atoms with Crippen LogP contribution in [0.5, 0.6) is 0 Å². The molecule has 8 heteroatoms. The van der Waals surface area contributed by atoms with Gasteiger partial charge in [-0.15, -0.1) is 0 Å². The van der Waals surface area contributed by atoms with Gasteiger partial charge in [-0.05, 0) is 29.8 Å². The van der Waals surface area contributed by atoms with Crippen molar-refractivity contribution in [1.82, 2.24) is 9.36 Å². The summed E-state index contributed by atoms with van der Waals surface area (Å²) >= 11 is 3.31. The first kappa shape index (κ1) is 17.9. The summed E-state index contributed by atoms with van der Waals surface area (Å²) in [4.78, 5) is 38.1. The zero-order valence-corrected chi connectivity index (χ0v) is 16.2. The van der Waals surface area contributed by atoms with Crippen LogP contribution in [0.15, 0.2) is 46.0 Å². The number of benzene rings is 2. The summed E-state index contributed by atoms with van der Waals surface area (Å²) in [5.41, 5.74) is -0.913. The molecule has 0 fully saturated rings. The molecule has 7 nitrogen and oxygen atoms in total. The number of carbonyl (C=O) groups is 1. The van der Waals surface area contributed by atoms with Crippen LogP contribution in [0.25, 0.3) is 21.5 Å². The predicted molar refractivity (Wildman–Crippen MR) is 104 cm³/mol. The van der Waals surface area contributed by atoms with Crippen molar-refractivity contribution < 1.29 is 14.6 Å². The largest absolute Gasteiger partial charge is 0.467 e. The van der Waals surface area contributed by atoms with E-state index in [9.17, 15) is 19.5 Å². The molecule has 3 aromatic rings. The summed E-state index contributed by atoms with van der Waals surface area (Å²) in [6.45, 7) is 1.64. The normalized spacial score (nSPS) is 24.7. The molecule has 0 saturated heterocycles. The van der Waals surface area contributed by atoms with Gasteiger partial charge in [-0.2, -0.15) is 0 Å². The summed E-state index contributed by atoms with van der Waals surface area (Å²) < 4.78 is 7.11. The number of aliphatic hydroxyl groups excluding tert-OH is 1. The van der Waals surface area contributed by atoms with E-state index in [2.05, 4.69) is 15.9 Å². The molecule has 140 valence electrons. The number of nitrogens with zero attached hydrogens (tertiary/aromatic N) is 2. The van der Waals surface area contributed by atoms with Crippen molar-refractivity contribution in [3.05, 3.63) is 57.1 Å². The second kappa shape index (κ2) is 6.31. The third kappa shape index (κ3) is 2.47. The van der Waals surface area contributed by atoms with E-state index in [1.54, 1.807) is 19.1 Å². The Morgan fingerprint density at radius 1 is 1.07 bits per heavy atom. The highest BCUT2D eigenvalue weighted by molar-refractivity contribution is 9.09. The first-order chi connectivity index (χ1) is 12.9. The number of aliphatic hydroxyl groups is 1. The molecular formula is C19H17BrN2O5. The SMILES string of the molecule is COC(=O)[C@H]1[C@@H](Br)[C@H](O)[C@@H](C)n2c(=O)c3cc4ccccc4cc3c(=O)n21. The Morgan fingerprint density at radius 2 is 1.59 bits per heavy atom. The van der Waals surface area contributed by atoms with Crippen molar-refractivity contribution in [3.8, 4) is 0 Å². The van der Waals surface area contributed by atoms with Gasteiger partial charge in [0.1, 0.15) is 0 Å². The molecule has 0 aliphatic carbocycles. The standard InChI is InChI=1S/C19H17BrN2O5/c1-9-16(23)14(20)15(19(26)27-2)22-18(25)13-8-11-6-4-3-5-10(11)7-12(13)17(24)21(9)22/h3-9,14-16,23H,1-2H3/t9-,14-,15-,16-/m1/s1. The highest BCUT2D eigenvalue weighted by Gasteiger charge is 2.44. The maximum absolute atomic E-state index is 13.3. The molecule has 0 unspecified atom stereocenters. The number of methoxy groups -OCH3 is 1. The molecule has 4 rings (SSSR count). The van der Waals surface area contributed by atoms with Gasteiger partial charge >= 0.3 is 5.97 Å². The summed E-state index contributed by atoms with van der Waals surface area (Å²) in [5.74, 6) is -0.710. The molecule has 4 atom stereocenters. The fraction of sp³-hybridized carbons (Fsp3) is 0.316. The fourth-order valence-corrected chi connectivity index (χ4v) is 4.64. The number of rotatable bonds is 1. The summed E-state index contributed by atoms with van der Waals surface area (Å²) in [5, 5.41) is 12.7. The smallest absolute Gasteiger partial charge is 0.332 e. The van der Waals surface area contributed by atoms with Crippen LogP contribution in [0.4, 0.5) is 0 Å². The lowest BCUT2D eigenvalue weighted by molar-refractivity contribution is -0.147. The van der Waals surface area contributed by atoms with Crippen LogP contribution in [-0.4, -0.2) is 38.5 Å². The number of alkyl halides is 1. The number of esters is 1. The Hall–Kier alpha value is -2.45. The minimum Gasteiger partial charge on any atom is -0.467 e. The van der Waals surface area contributed by atoms with Gasteiger partial charge in [0.2, 0.25) is 0 Å². The lowest BCUT2D eigenvalue weighted by Gasteiger charge is -2.38. The van der Waals surface area contributed by atoms with Crippen LogP contribution in [0.2, 0.25) is 0 Å². The predicted octanol–water partition coefficient (Wildman–Crippen LogP) is 1.73. The number of hydrogen-bond acceptors (Lipinski definition) is 5.